The van der Waals surface area contributed by atoms with E-state index in [0.29, 0.717) is 12.0 Å². The van der Waals surface area contributed by atoms with Crippen LogP contribution >= 0.6 is 0 Å². The summed E-state index contributed by atoms with van der Waals surface area (Å²) in [6, 6.07) is 7.36. The second-order valence-electron chi connectivity index (χ2n) is 8.11. The Bertz CT molecular complexity index is 654. The van der Waals surface area contributed by atoms with E-state index in [9.17, 15) is 0 Å². The highest BCUT2D eigenvalue weighted by molar-refractivity contribution is 5.46. The number of hydrogen-bond acceptors (Lipinski definition) is 4. The summed E-state index contributed by atoms with van der Waals surface area (Å²) >= 11 is 0. The third kappa shape index (κ3) is 1.97. The molecular formula is C20H27NO3. The summed E-state index contributed by atoms with van der Waals surface area (Å²) in [5, 5.41) is 0. The van der Waals surface area contributed by atoms with Gasteiger partial charge >= 0.3 is 0 Å². The lowest BCUT2D eigenvalue weighted by Crippen LogP contribution is -2.63. The standard InChI is InChI=1S/C20H27NO3/c1-21-8-7-19-13-20(23-9-10-24-20)6-5-16(19)18(21)11-14-3-4-15(22-2)12-17(14)19/h3-4,12,16,18H,5-11,13H2,1-2H3/t16-,18+,19-/m0/s1. The van der Waals surface area contributed by atoms with Crippen LogP contribution in [0.3, 0.4) is 0 Å². The van der Waals surface area contributed by atoms with Gasteiger partial charge in [0, 0.05) is 24.3 Å². The maximum atomic E-state index is 6.15. The molecule has 4 aliphatic rings. The van der Waals surface area contributed by atoms with Crippen molar-refractivity contribution in [3.63, 3.8) is 0 Å². The Labute approximate surface area is 144 Å². The Balaban J connectivity index is 1.65. The molecule has 24 heavy (non-hydrogen) atoms. The quantitative estimate of drug-likeness (QED) is 0.793. The average molecular weight is 329 g/mol. The topological polar surface area (TPSA) is 30.9 Å². The van der Waals surface area contributed by atoms with E-state index in [4.69, 9.17) is 14.2 Å². The molecule has 2 bridgehead atoms. The number of methoxy groups -OCH3 is 1. The number of ether oxygens (including phenoxy) is 3. The van der Waals surface area contributed by atoms with Crippen LogP contribution in [0.1, 0.15) is 36.8 Å². The van der Waals surface area contributed by atoms with Crippen LogP contribution in [0.15, 0.2) is 18.2 Å². The first-order chi connectivity index (χ1) is 11.7. The SMILES string of the molecule is COc1ccc2c(c1)[C@]13CCN(C)[C@H](C2)[C@@H]1CCC1(C3)OCCO1. The summed E-state index contributed by atoms with van der Waals surface area (Å²) in [7, 11) is 4.07. The summed E-state index contributed by atoms with van der Waals surface area (Å²) < 4.78 is 17.9. The van der Waals surface area contributed by atoms with Crippen molar-refractivity contribution in [3.8, 4) is 5.75 Å². The molecular weight excluding hydrogens is 302 g/mol. The zero-order valence-corrected chi connectivity index (χ0v) is 14.7. The number of hydrogen-bond donors (Lipinski definition) is 0. The number of likely N-dealkylation sites (N-methyl/N-ethyl adjacent to an activating group) is 1. The molecule has 2 aliphatic heterocycles. The molecule has 0 unspecified atom stereocenters. The zero-order valence-electron chi connectivity index (χ0n) is 14.7. The van der Waals surface area contributed by atoms with E-state index in [0.717, 1.165) is 44.8 Å². The molecule has 1 spiro atoms. The van der Waals surface area contributed by atoms with E-state index >= 15 is 0 Å². The van der Waals surface area contributed by atoms with Crippen molar-refractivity contribution >= 4 is 0 Å². The van der Waals surface area contributed by atoms with Gasteiger partial charge in [0.1, 0.15) is 5.75 Å². The molecule has 130 valence electrons. The fraction of sp³-hybridized carbons (Fsp3) is 0.700. The Hall–Kier alpha value is -1.10. The number of fused-ring (bicyclic) bond motifs is 1. The van der Waals surface area contributed by atoms with Gasteiger partial charge in [0.25, 0.3) is 0 Å². The summed E-state index contributed by atoms with van der Waals surface area (Å²) in [5.74, 6) is 1.34. The van der Waals surface area contributed by atoms with E-state index in [-0.39, 0.29) is 11.2 Å². The summed E-state index contributed by atoms with van der Waals surface area (Å²) in [6.45, 7) is 2.65. The third-order valence-corrected chi connectivity index (χ3v) is 7.17. The smallest absolute Gasteiger partial charge is 0.169 e. The minimum Gasteiger partial charge on any atom is -0.497 e. The molecule has 4 heteroatoms. The van der Waals surface area contributed by atoms with Gasteiger partial charge in [-0.05, 0) is 62.0 Å². The van der Waals surface area contributed by atoms with E-state index < -0.39 is 0 Å². The van der Waals surface area contributed by atoms with Gasteiger partial charge in [-0.15, -0.1) is 0 Å². The van der Waals surface area contributed by atoms with Crippen LogP contribution < -0.4 is 4.74 Å². The number of piperidine rings is 1. The Morgan fingerprint density at radius 1 is 1.21 bits per heavy atom. The number of rotatable bonds is 1. The van der Waals surface area contributed by atoms with Gasteiger partial charge in [-0.25, -0.2) is 0 Å². The van der Waals surface area contributed by atoms with Crippen LogP contribution in [0, 0.1) is 5.92 Å². The molecule has 5 rings (SSSR count). The molecule has 0 amide bonds. The van der Waals surface area contributed by atoms with Crippen molar-refractivity contribution in [2.75, 3.05) is 33.9 Å². The van der Waals surface area contributed by atoms with Crippen LogP contribution in [0.2, 0.25) is 0 Å². The number of benzene rings is 1. The summed E-state index contributed by atoms with van der Waals surface area (Å²) in [5.41, 5.74) is 3.19. The van der Waals surface area contributed by atoms with Crippen molar-refractivity contribution < 1.29 is 14.2 Å². The Morgan fingerprint density at radius 3 is 2.83 bits per heavy atom. The van der Waals surface area contributed by atoms with Crippen molar-refractivity contribution in [3.05, 3.63) is 29.3 Å². The van der Waals surface area contributed by atoms with E-state index in [1.165, 1.54) is 24.0 Å². The van der Waals surface area contributed by atoms with Crippen LogP contribution in [-0.4, -0.2) is 50.6 Å². The molecule has 3 atom stereocenters. The first-order valence-electron chi connectivity index (χ1n) is 9.31. The number of nitrogens with zero attached hydrogens (tertiary/aromatic N) is 1. The second-order valence-corrected chi connectivity index (χ2v) is 8.11. The van der Waals surface area contributed by atoms with Gasteiger partial charge in [-0.2, -0.15) is 0 Å². The predicted molar refractivity (Wildman–Crippen MR) is 91.4 cm³/mol. The van der Waals surface area contributed by atoms with Gasteiger partial charge in [0.2, 0.25) is 0 Å². The minimum atomic E-state index is -0.339. The summed E-state index contributed by atoms with van der Waals surface area (Å²) in [6.07, 6.45) is 5.61. The van der Waals surface area contributed by atoms with Gasteiger partial charge in [0.15, 0.2) is 5.79 Å². The van der Waals surface area contributed by atoms with Crippen LogP contribution in [0.4, 0.5) is 0 Å². The van der Waals surface area contributed by atoms with Crippen molar-refractivity contribution in [2.24, 2.45) is 5.92 Å². The molecule has 2 saturated heterocycles. The van der Waals surface area contributed by atoms with Gasteiger partial charge in [-0.1, -0.05) is 6.07 Å². The third-order valence-electron chi connectivity index (χ3n) is 7.17. The maximum Gasteiger partial charge on any atom is 0.169 e. The Morgan fingerprint density at radius 2 is 2.04 bits per heavy atom. The number of likely N-dealkylation sites (tertiary alicyclic amines) is 1. The van der Waals surface area contributed by atoms with E-state index in [2.05, 4.69) is 30.1 Å². The lowest BCUT2D eigenvalue weighted by molar-refractivity contribution is -0.212. The summed E-state index contributed by atoms with van der Waals surface area (Å²) in [4.78, 5) is 2.59. The van der Waals surface area contributed by atoms with Crippen molar-refractivity contribution in [1.29, 1.82) is 0 Å². The molecule has 0 aromatic heterocycles. The maximum absolute atomic E-state index is 6.15. The van der Waals surface area contributed by atoms with E-state index in [1.54, 1.807) is 7.11 Å². The van der Waals surface area contributed by atoms with Gasteiger partial charge < -0.3 is 19.1 Å². The first kappa shape index (κ1) is 15.2. The molecule has 1 saturated carbocycles. The van der Waals surface area contributed by atoms with E-state index in [1.807, 2.05) is 0 Å². The highest BCUT2D eigenvalue weighted by Crippen LogP contribution is 2.59. The second kappa shape index (κ2) is 5.20. The minimum absolute atomic E-state index is 0.182. The molecule has 1 aromatic rings. The van der Waals surface area contributed by atoms with Crippen LogP contribution in [0.25, 0.3) is 0 Å². The fourth-order valence-corrected chi connectivity index (χ4v) is 6.06. The molecule has 2 heterocycles. The highest BCUT2D eigenvalue weighted by atomic mass is 16.7. The normalized spacial score (nSPS) is 37.1. The van der Waals surface area contributed by atoms with Crippen molar-refractivity contribution in [1.82, 2.24) is 4.90 Å². The predicted octanol–water partition coefficient (Wildman–Crippen LogP) is 2.74. The monoisotopic (exact) mass is 329 g/mol. The van der Waals surface area contributed by atoms with Crippen LogP contribution in [-0.2, 0) is 21.3 Å². The fourth-order valence-electron chi connectivity index (χ4n) is 6.06. The highest BCUT2D eigenvalue weighted by Gasteiger charge is 2.60. The van der Waals surface area contributed by atoms with Crippen molar-refractivity contribution in [2.45, 2.75) is 49.3 Å². The lowest BCUT2D eigenvalue weighted by atomic mass is 9.51. The molecule has 1 aromatic carbocycles. The molecule has 0 radical (unpaired) electrons. The molecule has 3 fully saturated rings. The van der Waals surface area contributed by atoms with Crippen LogP contribution in [0.5, 0.6) is 5.75 Å². The average Bonchev–Trinajstić information content (AvgIpc) is 3.05. The zero-order chi connectivity index (χ0) is 16.4. The van der Waals surface area contributed by atoms with Gasteiger partial charge in [0.05, 0.1) is 20.3 Å². The first-order valence-corrected chi connectivity index (χ1v) is 9.31. The molecule has 4 nitrogen and oxygen atoms in total. The molecule has 0 N–H and O–H groups in total. The Kier molecular flexibility index (Phi) is 3.29. The molecule has 2 aliphatic carbocycles. The largest absolute Gasteiger partial charge is 0.497 e. The van der Waals surface area contributed by atoms with Gasteiger partial charge in [-0.3, -0.25) is 0 Å². The lowest BCUT2D eigenvalue weighted by Gasteiger charge is -2.60.